The van der Waals surface area contributed by atoms with Gasteiger partial charge in [0.05, 0.1) is 29.6 Å². The van der Waals surface area contributed by atoms with E-state index in [0.29, 0.717) is 17.3 Å². The van der Waals surface area contributed by atoms with Crippen molar-refractivity contribution in [1.29, 1.82) is 0 Å². The number of ether oxygens (including phenoxy) is 1. The minimum atomic E-state index is -0.161. The fourth-order valence-corrected chi connectivity index (χ4v) is 2.70. The van der Waals surface area contributed by atoms with Crippen LogP contribution in [-0.2, 0) is 19.9 Å². The summed E-state index contributed by atoms with van der Waals surface area (Å²) in [6, 6.07) is 3.62. The summed E-state index contributed by atoms with van der Waals surface area (Å²) >= 11 is 6.39. The van der Waals surface area contributed by atoms with E-state index in [2.05, 4.69) is 15.5 Å². The lowest BCUT2D eigenvalue weighted by Gasteiger charge is -2.18. The van der Waals surface area contributed by atoms with Gasteiger partial charge < -0.3 is 4.74 Å². The number of hydrogen-bond acceptors (Lipinski definition) is 5. The second kappa shape index (κ2) is 6.89. The van der Waals surface area contributed by atoms with E-state index >= 15 is 0 Å². The average molecular weight is 310 g/mol. The van der Waals surface area contributed by atoms with Crippen LogP contribution in [0.4, 0.5) is 0 Å². The number of nitrogens with one attached hydrogen (secondary N) is 1. The zero-order valence-electron chi connectivity index (χ0n) is 12.4. The summed E-state index contributed by atoms with van der Waals surface area (Å²) in [6.07, 6.45) is 3.08. The SMILES string of the molecule is CCc1nn(C)c(CC(NN)c2cccnc2OC)c1Cl. The summed E-state index contributed by atoms with van der Waals surface area (Å²) in [4.78, 5) is 4.20. The van der Waals surface area contributed by atoms with Gasteiger partial charge in [0.2, 0.25) is 5.88 Å². The summed E-state index contributed by atoms with van der Waals surface area (Å²) in [5.74, 6) is 6.26. The molecule has 114 valence electrons. The molecule has 1 atom stereocenters. The second-order valence-electron chi connectivity index (χ2n) is 4.71. The molecule has 7 heteroatoms. The predicted octanol–water partition coefficient (Wildman–Crippen LogP) is 1.79. The van der Waals surface area contributed by atoms with Gasteiger partial charge in [0.1, 0.15) is 0 Å². The Balaban J connectivity index is 2.34. The number of aryl methyl sites for hydroxylation is 2. The molecule has 0 radical (unpaired) electrons. The summed E-state index contributed by atoms with van der Waals surface area (Å²) < 4.78 is 7.09. The number of aromatic nitrogens is 3. The first kappa shape index (κ1) is 15.8. The summed E-state index contributed by atoms with van der Waals surface area (Å²) in [5, 5.41) is 5.12. The van der Waals surface area contributed by atoms with E-state index in [4.69, 9.17) is 22.2 Å². The first-order valence-corrected chi connectivity index (χ1v) is 7.15. The Hall–Kier alpha value is -1.63. The molecule has 21 heavy (non-hydrogen) atoms. The number of hydrogen-bond donors (Lipinski definition) is 2. The zero-order chi connectivity index (χ0) is 15.4. The molecular weight excluding hydrogens is 290 g/mol. The Morgan fingerprint density at radius 1 is 1.52 bits per heavy atom. The lowest BCUT2D eigenvalue weighted by Crippen LogP contribution is -2.30. The van der Waals surface area contributed by atoms with Crippen LogP contribution in [0.3, 0.4) is 0 Å². The highest BCUT2D eigenvalue weighted by Crippen LogP contribution is 2.29. The molecule has 2 heterocycles. The molecule has 2 aromatic heterocycles. The van der Waals surface area contributed by atoms with Gasteiger partial charge >= 0.3 is 0 Å². The van der Waals surface area contributed by atoms with Crippen molar-refractivity contribution < 1.29 is 4.74 Å². The van der Waals surface area contributed by atoms with Crippen LogP contribution < -0.4 is 16.0 Å². The smallest absolute Gasteiger partial charge is 0.217 e. The molecule has 0 spiro atoms. The third kappa shape index (κ3) is 3.18. The van der Waals surface area contributed by atoms with E-state index in [0.717, 1.165) is 23.4 Å². The fraction of sp³-hybridized carbons (Fsp3) is 0.429. The van der Waals surface area contributed by atoms with Crippen molar-refractivity contribution >= 4 is 11.6 Å². The van der Waals surface area contributed by atoms with Crippen LogP contribution in [0.1, 0.15) is 29.9 Å². The Morgan fingerprint density at radius 3 is 2.86 bits per heavy atom. The van der Waals surface area contributed by atoms with Crippen LogP contribution in [0.2, 0.25) is 5.02 Å². The van der Waals surface area contributed by atoms with Gasteiger partial charge in [-0.05, 0) is 12.5 Å². The highest BCUT2D eigenvalue weighted by molar-refractivity contribution is 6.31. The van der Waals surface area contributed by atoms with Crippen LogP contribution in [0, 0.1) is 0 Å². The third-order valence-corrected chi connectivity index (χ3v) is 3.91. The maximum absolute atomic E-state index is 6.39. The van der Waals surface area contributed by atoms with E-state index < -0.39 is 0 Å². The standard InChI is InChI=1S/C14H20ClN5O/c1-4-10-13(15)12(20(2)19-10)8-11(18-16)9-6-5-7-17-14(9)21-3/h5-7,11,18H,4,8,16H2,1-3H3. The molecule has 0 saturated heterocycles. The predicted molar refractivity (Wildman–Crippen MR) is 82.2 cm³/mol. The van der Waals surface area contributed by atoms with Gasteiger partial charge in [-0.25, -0.2) is 4.98 Å². The molecule has 2 aromatic rings. The largest absolute Gasteiger partial charge is 0.481 e. The Kier molecular flexibility index (Phi) is 5.17. The monoisotopic (exact) mass is 309 g/mol. The van der Waals surface area contributed by atoms with Crippen molar-refractivity contribution in [1.82, 2.24) is 20.2 Å². The molecule has 0 aliphatic carbocycles. The van der Waals surface area contributed by atoms with Gasteiger partial charge in [-0.2, -0.15) is 5.10 Å². The minimum Gasteiger partial charge on any atom is -0.481 e. The normalized spacial score (nSPS) is 12.4. The maximum atomic E-state index is 6.39. The molecule has 0 amide bonds. The molecule has 0 aromatic carbocycles. The number of pyridine rings is 1. The first-order chi connectivity index (χ1) is 10.1. The highest BCUT2D eigenvalue weighted by atomic mass is 35.5. The van der Waals surface area contributed by atoms with Crippen molar-refractivity contribution in [3.05, 3.63) is 40.3 Å². The molecule has 2 rings (SSSR count). The summed E-state index contributed by atoms with van der Waals surface area (Å²) in [5.41, 5.74) is 5.51. The first-order valence-electron chi connectivity index (χ1n) is 6.77. The van der Waals surface area contributed by atoms with Crippen LogP contribution in [-0.4, -0.2) is 21.9 Å². The molecule has 1 unspecified atom stereocenters. The van der Waals surface area contributed by atoms with Gasteiger partial charge in [-0.3, -0.25) is 16.0 Å². The number of nitrogens with zero attached hydrogens (tertiary/aromatic N) is 3. The number of halogens is 1. The van der Waals surface area contributed by atoms with Crippen molar-refractivity contribution in [2.75, 3.05) is 7.11 Å². The Bertz CT molecular complexity index is 613. The van der Waals surface area contributed by atoms with E-state index in [9.17, 15) is 0 Å². The number of rotatable bonds is 6. The van der Waals surface area contributed by atoms with Crippen LogP contribution in [0.5, 0.6) is 5.88 Å². The van der Waals surface area contributed by atoms with E-state index in [-0.39, 0.29) is 6.04 Å². The topological polar surface area (TPSA) is 78.0 Å². The highest BCUT2D eigenvalue weighted by Gasteiger charge is 2.21. The zero-order valence-corrected chi connectivity index (χ0v) is 13.2. The molecule has 3 N–H and O–H groups in total. The number of hydrazine groups is 1. The van der Waals surface area contributed by atoms with Crippen molar-refractivity contribution in [3.8, 4) is 5.88 Å². The third-order valence-electron chi connectivity index (χ3n) is 3.47. The van der Waals surface area contributed by atoms with Gasteiger partial charge in [0, 0.05) is 25.2 Å². The number of methoxy groups -OCH3 is 1. The average Bonchev–Trinajstić information content (AvgIpc) is 2.79. The second-order valence-corrected chi connectivity index (χ2v) is 5.09. The number of nitrogens with two attached hydrogens (primary N) is 1. The van der Waals surface area contributed by atoms with Gasteiger partial charge in [-0.1, -0.05) is 24.6 Å². The summed E-state index contributed by atoms with van der Waals surface area (Å²) in [6.45, 7) is 2.03. The molecule has 0 aliphatic heterocycles. The van der Waals surface area contributed by atoms with Gasteiger partial charge in [-0.15, -0.1) is 0 Å². The lowest BCUT2D eigenvalue weighted by atomic mass is 10.0. The molecular formula is C14H20ClN5O. The van der Waals surface area contributed by atoms with Crippen molar-refractivity contribution in [3.63, 3.8) is 0 Å². The molecule has 6 nitrogen and oxygen atoms in total. The van der Waals surface area contributed by atoms with E-state index in [1.165, 1.54) is 0 Å². The van der Waals surface area contributed by atoms with E-state index in [1.807, 2.05) is 26.1 Å². The quantitative estimate of drug-likeness (QED) is 0.628. The van der Waals surface area contributed by atoms with Crippen LogP contribution in [0.25, 0.3) is 0 Å². The molecule has 0 fully saturated rings. The minimum absolute atomic E-state index is 0.161. The van der Waals surface area contributed by atoms with Gasteiger partial charge in [0.15, 0.2) is 0 Å². The fourth-order valence-electron chi connectivity index (χ4n) is 2.33. The maximum Gasteiger partial charge on any atom is 0.217 e. The molecule has 0 saturated carbocycles. The van der Waals surface area contributed by atoms with Gasteiger partial charge in [0.25, 0.3) is 0 Å². The Labute approximate surface area is 129 Å². The lowest BCUT2D eigenvalue weighted by molar-refractivity contribution is 0.381. The summed E-state index contributed by atoms with van der Waals surface area (Å²) in [7, 11) is 3.47. The van der Waals surface area contributed by atoms with Crippen molar-refractivity contribution in [2.24, 2.45) is 12.9 Å². The van der Waals surface area contributed by atoms with E-state index in [1.54, 1.807) is 18.0 Å². The van der Waals surface area contributed by atoms with Crippen molar-refractivity contribution in [2.45, 2.75) is 25.8 Å². The molecule has 0 aliphatic rings. The molecule has 0 bridgehead atoms. The Morgan fingerprint density at radius 2 is 2.29 bits per heavy atom. The van der Waals surface area contributed by atoms with Crippen LogP contribution in [0.15, 0.2) is 18.3 Å². The van der Waals surface area contributed by atoms with Crippen LogP contribution >= 0.6 is 11.6 Å².